The van der Waals surface area contributed by atoms with Gasteiger partial charge < -0.3 is 4.74 Å². The zero-order chi connectivity index (χ0) is 21.1. The fourth-order valence-electron chi connectivity index (χ4n) is 2.58. The molecule has 2 aromatic rings. The summed E-state index contributed by atoms with van der Waals surface area (Å²) in [4.78, 5) is 38.4. The number of urea groups is 1. The van der Waals surface area contributed by atoms with Crippen LogP contribution in [0, 0.1) is 0 Å². The summed E-state index contributed by atoms with van der Waals surface area (Å²) in [5.41, 5.74) is 0.275. The average Bonchev–Trinajstić information content (AvgIpc) is 2.67. The van der Waals surface area contributed by atoms with E-state index in [9.17, 15) is 14.4 Å². The topological polar surface area (TPSA) is 75.7 Å². The van der Waals surface area contributed by atoms with E-state index in [0.29, 0.717) is 16.3 Å². The number of amides is 4. The fraction of sp³-hybridized carbons (Fsp3) is 0.0500. The standard InChI is InChI=1S/C20H13Cl3N2O4/c1-2-7-29-17-6-3-12(21)8-11(17)9-14-18(26)24-20(28)25(19(14)27)13-4-5-15(22)16(23)10-13/h2-6,8-10H,1,7H2,(H,24,26,28)/b14-9+. The molecule has 148 valence electrons. The maximum atomic E-state index is 13.0. The SMILES string of the molecule is C=CCOc1ccc(Cl)cc1/C=C1\C(=O)NC(=O)N(c2ccc(Cl)c(Cl)c2)C1=O. The quantitative estimate of drug-likeness (QED) is 0.399. The number of carbonyl (C=O) groups is 3. The highest BCUT2D eigenvalue weighted by molar-refractivity contribution is 6.43. The maximum Gasteiger partial charge on any atom is 0.335 e. The number of nitrogens with zero attached hydrogens (tertiary/aromatic N) is 1. The lowest BCUT2D eigenvalue weighted by Crippen LogP contribution is -2.54. The molecule has 0 spiro atoms. The molecular weight excluding hydrogens is 439 g/mol. The summed E-state index contributed by atoms with van der Waals surface area (Å²) in [5, 5.41) is 2.93. The molecule has 29 heavy (non-hydrogen) atoms. The zero-order valence-corrected chi connectivity index (χ0v) is 17.0. The Morgan fingerprint density at radius 1 is 1.03 bits per heavy atom. The summed E-state index contributed by atoms with van der Waals surface area (Å²) in [6.45, 7) is 3.79. The molecule has 1 aliphatic heterocycles. The molecule has 1 saturated heterocycles. The summed E-state index contributed by atoms with van der Waals surface area (Å²) in [6, 6.07) is 8.08. The molecular formula is C20H13Cl3N2O4. The molecule has 1 heterocycles. The largest absolute Gasteiger partial charge is 0.489 e. The lowest BCUT2D eigenvalue weighted by molar-refractivity contribution is -0.122. The predicted molar refractivity (Wildman–Crippen MR) is 113 cm³/mol. The Balaban J connectivity index is 2.05. The number of hydrogen-bond donors (Lipinski definition) is 1. The van der Waals surface area contributed by atoms with Crippen molar-refractivity contribution in [2.75, 3.05) is 11.5 Å². The van der Waals surface area contributed by atoms with Crippen LogP contribution in [-0.4, -0.2) is 24.5 Å². The van der Waals surface area contributed by atoms with E-state index in [-0.39, 0.29) is 27.9 Å². The first-order valence-electron chi connectivity index (χ1n) is 8.21. The number of benzene rings is 2. The van der Waals surface area contributed by atoms with E-state index < -0.39 is 17.8 Å². The highest BCUT2D eigenvalue weighted by Crippen LogP contribution is 2.31. The molecule has 1 N–H and O–H groups in total. The van der Waals surface area contributed by atoms with Crippen LogP contribution in [0.25, 0.3) is 6.08 Å². The number of rotatable bonds is 5. The second-order valence-electron chi connectivity index (χ2n) is 5.84. The van der Waals surface area contributed by atoms with Crippen molar-refractivity contribution in [2.45, 2.75) is 0 Å². The lowest BCUT2D eigenvalue weighted by atomic mass is 10.1. The van der Waals surface area contributed by atoms with E-state index in [1.54, 1.807) is 18.2 Å². The summed E-state index contributed by atoms with van der Waals surface area (Å²) < 4.78 is 5.54. The molecule has 0 aliphatic carbocycles. The molecule has 2 aromatic carbocycles. The zero-order valence-electron chi connectivity index (χ0n) is 14.7. The van der Waals surface area contributed by atoms with Crippen molar-refractivity contribution in [3.63, 3.8) is 0 Å². The van der Waals surface area contributed by atoms with Gasteiger partial charge >= 0.3 is 6.03 Å². The van der Waals surface area contributed by atoms with Crippen LogP contribution >= 0.6 is 34.8 Å². The van der Waals surface area contributed by atoms with E-state index in [1.165, 1.54) is 30.3 Å². The van der Waals surface area contributed by atoms with Gasteiger partial charge in [0, 0.05) is 10.6 Å². The van der Waals surface area contributed by atoms with Crippen molar-refractivity contribution in [2.24, 2.45) is 0 Å². The average molecular weight is 452 g/mol. The van der Waals surface area contributed by atoms with Crippen molar-refractivity contribution < 1.29 is 19.1 Å². The second kappa shape index (κ2) is 8.69. The van der Waals surface area contributed by atoms with Gasteiger partial charge in [0.25, 0.3) is 11.8 Å². The van der Waals surface area contributed by atoms with Gasteiger partial charge in [-0.2, -0.15) is 0 Å². The van der Waals surface area contributed by atoms with Crippen molar-refractivity contribution in [1.82, 2.24) is 5.32 Å². The second-order valence-corrected chi connectivity index (χ2v) is 7.09. The first-order valence-corrected chi connectivity index (χ1v) is 9.35. The number of imide groups is 2. The minimum atomic E-state index is -0.898. The van der Waals surface area contributed by atoms with Crippen LogP contribution < -0.4 is 15.0 Å². The Labute approximate surface area is 181 Å². The molecule has 1 aliphatic rings. The van der Waals surface area contributed by atoms with Gasteiger partial charge in [0.05, 0.1) is 15.7 Å². The third-order valence-corrected chi connectivity index (χ3v) is 4.87. The van der Waals surface area contributed by atoms with Crippen molar-refractivity contribution in [3.05, 3.63) is 75.3 Å². The highest BCUT2D eigenvalue weighted by Gasteiger charge is 2.37. The van der Waals surface area contributed by atoms with Gasteiger partial charge in [-0.05, 0) is 42.5 Å². The highest BCUT2D eigenvalue weighted by atomic mass is 35.5. The fourth-order valence-corrected chi connectivity index (χ4v) is 3.06. The monoisotopic (exact) mass is 450 g/mol. The minimum Gasteiger partial charge on any atom is -0.489 e. The normalized spacial score (nSPS) is 15.5. The third-order valence-electron chi connectivity index (χ3n) is 3.89. The molecule has 6 nitrogen and oxygen atoms in total. The molecule has 3 rings (SSSR count). The van der Waals surface area contributed by atoms with E-state index in [0.717, 1.165) is 4.90 Å². The number of anilines is 1. The van der Waals surface area contributed by atoms with Crippen molar-refractivity contribution >= 4 is 64.4 Å². The predicted octanol–water partition coefficient (Wildman–Crippen LogP) is 4.88. The Bertz CT molecular complexity index is 1070. The summed E-state index contributed by atoms with van der Waals surface area (Å²) in [5.74, 6) is -1.28. The van der Waals surface area contributed by atoms with Crippen LogP contribution in [0.3, 0.4) is 0 Å². The first-order chi connectivity index (χ1) is 13.8. The molecule has 0 unspecified atom stereocenters. The molecule has 0 aromatic heterocycles. The molecule has 0 radical (unpaired) electrons. The number of nitrogens with one attached hydrogen (secondary N) is 1. The Morgan fingerprint density at radius 2 is 1.79 bits per heavy atom. The maximum absolute atomic E-state index is 13.0. The van der Waals surface area contributed by atoms with Crippen LogP contribution in [0.4, 0.5) is 10.5 Å². The van der Waals surface area contributed by atoms with Gasteiger partial charge in [-0.3, -0.25) is 14.9 Å². The Kier molecular flexibility index (Phi) is 6.27. The molecule has 4 amide bonds. The first kappa shape index (κ1) is 20.9. The van der Waals surface area contributed by atoms with E-state index >= 15 is 0 Å². The van der Waals surface area contributed by atoms with Gasteiger partial charge in [0.1, 0.15) is 17.9 Å². The van der Waals surface area contributed by atoms with Gasteiger partial charge in [-0.25, -0.2) is 9.69 Å². The van der Waals surface area contributed by atoms with E-state index in [1.807, 2.05) is 0 Å². The molecule has 1 fully saturated rings. The molecule has 9 heteroatoms. The van der Waals surface area contributed by atoms with Crippen LogP contribution in [0.5, 0.6) is 5.75 Å². The van der Waals surface area contributed by atoms with Gasteiger partial charge in [0.15, 0.2) is 0 Å². The van der Waals surface area contributed by atoms with E-state index in [2.05, 4.69) is 11.9 Å². The summed E-state index contributed by atoms with van der Waals surface area (Å²) in [6.07, 6.45) is 2.85. The van der Waals surface area contributed by atoms with Crippen molar-refractivity contribution in [3.8, 4) is 5.75 Å². The van der Waals surface area contributed by atoms with Crippen LogP contribution in [0.1, 0.15) is 5.56 Å². The summed E-state index contributed by atoms with van der Waals surface area (Å²) >= 11 is 17.9. The number of hydrogen-bond acceptors (Lipinski definition) is 4. The number of ether oxygens (including phenoxy) is 1. The minimum absolute atomic E-state index is 0.155. The third kappa shape index (κ3) is 4.45. The summed E-state index contributed by atoms with van der Waals surface area (Å²) in [7, 11) is 0. The smallest absolute Gasteiger partial charge is 0.335 e. The van der Waals surface area contributed by atoms with Crippen molar-refractivity contribution in [1.29, 1.82) is 0 Å². The Hall–Kier alpha value is -2.80. The van der Waals surface area contributed by atoms with Gasteiger partial charge in [-0.15, -0.1) is 0 Å². The lowest BCUT2D eigenvalue weighted by Gasteiger charge is -2.26. The van der Waals surface area contributed by atoms with Gasteiger partial charge in [0.2, 0.25) is 0 Å². The van der Waals surface area contributed by atoms with Gasteiger partial charge in [-0.1, -0.05) is 47.5 Å². The number of halogens is 3. The molecule has 0 atom stereocenters. The number of barbiturate groups is 1. The van der Waals surface area contributed by atoms with E-state index in [4.69, 9.17) is 39.5 Å². The van der Waals surface area contributed by atoms with Crippen LogP contribution in [-0.2, 0) is 9.59 Å². The van der Waals surface area contributed by atoms with Crippen LogP contribution in [0.2, 0.25) is 15.1 Å². The number of carbonyl (C=O) groups excluding carboxylic acids is 3. The molecule has 0 saturated carbocycles. The Morgan fingerprint density at radius 3 is 2.48 bits per heavy atom. The van der Waals surface area contributed by atoms with Crippen LogP contribution in [0.15, 0.2) is 54.6 Å². The molecule has 0 bridgehead atoms.